The maximum absolute atomic E-state index is 12.4. The molecule has 4 heteroatoms. The van der Waals surface area contributed by atoms with Crippen LogP contribution in [0.15, 0.2) is 34.8 Å². The number of halogens is 1. The van der Waals surface area contributed by atoms with Gasteiger partial charge in [-0.15, -0.1) is 0 Å². The molecule has 1 amide bonds. The number of methoxy groups -OCH3 is 1. The molecule has 1 heterocycles. The summed E-state index contributed by atoms with van der Waals surface area (Å²) in [5.74, 6) is 1.17. The number of benzene rings is 2. The number of carbonyl (C=O) groups excluding carboxylic acids is 1. The molecule has 0 saturated heterocycles. The van der Waals surface area contributed by atoms with E-state index in [2.05, 4.69) is 41.2 Å². The first-order valence-corrected chi connectivity index (χ1v) is 8.71. The topological polar surface area (TPSA) is 38.3 Å². The first kappa shape index (κ1) is 16.8. The summed E-state index contributed by atoms with van der Waals surface area (Å²) in [6.45, 7) is 6.31. The predicted octanol–water partition coefficient (Wildman–Crippen LogP) is 5.38. The smallest absolute Gasteiger partial charge is 0.256 e. The number of anilines is 1. The van der Waals surface area contributed by atoms with Gasteiger partial charge in [0.1, 0.15) is 5.75 Å². The highest BCUT2D eigenvalue weighted by molar-refractivity contribution is 9.10. The van der Waals surface area contributed by atoms with E-state index < -0.39 is 0 Å². The highest BCUT2D eigenvalue weighted by atomic mass is 79.9. The quantitative estimate of drug-likeness (QED) is 0.719. The zero-order valence-corrected chi connectivity index (χ0v) is 15.8. The third-order valence-electron chi connectivity index (χ3n) is 4.30. The number of carbonyl (C=O) groups is 1. The molecular formula is C20H20BrNO2. The van der Waals surface area contributed by atoms with Crippen molar-refractivity contribution in [3.63, 3.8) is 0 Å². The normalized spacial score (nSPS) is 14.9. The van der Waals surface area contributed by atoms with E-state index in [1.54, 1.807) is 7.11 Å². The fraction of sp³-hybridized carbons (Fsp3) is 0.250. The molecule has 0 fully saturated rings. The van der Waals surface area contributed by atoms with Crippen LogP contribution in [0.4, 0.5) is 5.69 Å². The second-order valence-electron chi connectivity index (χ2n) is 6.31. The number of hydrogen-bond donors (Lipinski definition) is 1. The SMILES string of the molecule is COc1cc(C)c(C=C2C(=O)Nc3ccc(Br)cc32)cc1C(C)C. The van der Waals surface area contributed by atoms with Crippen molar-refractivity contribution in [2.45, 2.75) is 26.7 Å². The number of fused-ring (bicyclic) bond motifs is 1. The molecule has 0 aliphatic carbocycles. The Morgan fingerprint density at radius 3 is 2.62 bits per heavy atom. The fourth-order valence-corrected chi connectivity index (χ4v) is 3.32. The van der Waals surface area contributed by atoms with E-state index in [9.17, 15) is 4.79 Å². The van der Waals surface area contributed by atoms with Gasteiger partial charge in [0.2, 0.25) is 0 Å². The number of nitrogens with one attached hydrogen (secondary N) is 1. The van der Waals surface area contributed by atoms with Crippen LogP contribution in [0.25, 0.3) is 11.6 Å². The number of amides is 1. The highest BCUT2D eigenvalue weighted by Crippen LogP contribution is 2.37. The van der Waals surface area contributed by atoms with Gasteiger partial charge in [-0.3, -0.25) is 4.79 Å². The van der Waals surface area contributed by atoms with Crippen molar-refractivity contribution in [3.05, 3.63) is 57.1 Å². The van der Waals surface area contributed by atoms with Crippen LogP contribution in [-0.2, 0) is 4.79 Å². The van der Waals surface area contributed by atoms with Crippen molar-refractivity contribution >= 4 is 39.2 Å². The lowest BCUT2D eigenvalue weighted by Crippen LogP contribution is -2.04. The molecule has 24 heavy (non-hydrogen) atoms. The van der Waals surface area contributed by atoms with Crippen LogP contribution >= 0.6 is 15.9 Å². The van der Waals surface area contributed by atoms with Crippen LogP contribution in [0.1, 0.15) is 42.0 Å². The van der Waals surface area contributed by atoms with Crippen LogP contribution in [0, 0.1) is 6.92 Å². The summed E-state index contributed by atoms with van der Waals surface area (Å²) in [6, 6.07) is 9.98. The third-order valence-corrected chi connectivity index (χ3v) is 4.80. The minimum atomic E-state index is -0.0654. The number of aryl methyl sites for hydroxylation is 1. The predicted molar refractivity (Wildman–Crippen MR) is 102 cm³/mol. The number of ether oxygens (including phenoxy) is 1. The molecule has 0 aromatic heterocycles. The molecule has 124 valence electrons. The Morgan fingerprint density at radius 1 is 1.21 bits per heavy atom. The lowest BCUT2D eigenvalue weighted by Gasteiger charge is -2.15. The zero-order chi connectivity index (χ0) is 17.4. The Hall–Kier alpha value is -2.07. The summed E-state index contributed by atoms with van der Waals surface area (Å²) in [5.41, 5.74) is 5.73. The van der Waals surface area contributed by atoms with Gasteiger partial charge in [-0.2, -0.15) is 0 Å². The Morgan fingerprint density at radius 2 is 1.96 bits per heavy atom. The summed E-state index contributed by atoms with van der Waals surface area (Å²) >= 11 is 3.48. The summed E-state index contributed by atoms with van der Waals surface area (Å²) in [4.78, 5) is 12.4. The first-order valence-electron chi connectivity index (χ1n) is 7.92. The molecule has 2 aromatic carbocycles. The highest BCUT2D eigenvalue weighted by Gasteiger charge is 2.24. The fourth-order valence-electron chi connectivity index (χ4n) is 2.96. The summed E-state index contributed by atoms with van der Waals surface area (Å²) < 4.78 is 6.46. The van der Waals surface area contributed by atoms with E-state index in [-0.39, 0.29) is 5.91 Å². The second-order valence-corrected chi connectivity index (χ2v) is 7.22. The van der Waals surface area contributed by atoms with E-state index in [0.717, 1.165) is 38.2 Å². The second kappa shape index (κ2) is 6.44. The molecule has 3 rings (SSSR count). The van der Waals surface area contributed by atoms with Gasteiger partial charge < -0.3 is 10.1 Å². The molecule has 0 radical (unpaired) electrons. The van der Waals surface area contributed by atoms with Crippen LogP contribution in [0.2, 0.25) is 0 Å². The van der Waals surface area contributed by atoms with Gasteiger partial charge in [0.15, 0.2) is 0 Å². The maximum Gasteiger partial charge on any atom is 0.256 e. The van der Waals surface area contributed by atoms with Crippen molar-refractivity contribution in [1.29, 1.82) is 0 Å². The molecule has 0 atom stereocenters. The van der Waals surface area contributed by atoms with Crippen molar-refractivity contribution in [1.82, 2.24) is 0 Å². The molecule has 0 saturated carbocycles. The van der Waals surface area contributed by atoms with Crippen LogP contribution in [-0.4, -0.2) is 13.0 Å². The number of hydrogen-bond acceptors (Lipinski definition) is 2. The van der Waals surface area contributed by atoms with E-state index in [1.165, 1.54) is 0 Å². The van der Waals surface area contributed by atoms with Gasteiger partial charge in [-0.05, 0) is 65.9 Å². The molecule has 1 aliphatic heterocycles. The minimum absolute atomic E-state index is 0.0654. The maximum atomic E-state index is 12.4. The van der Waals surface area contributed by atoms with Gasteiger partial charge in [0.25, 0.3) is 5.91 Å². The van der Waals surface area contributed by atoms with Crippen molar-refractivity contribution in [3.8, 4) is 5.75 Å². The average Bonchev–Trinajstić information content (AvgIpc) is 2.84. The van der Waals surface area contributed by atoms with E-state index in [1.807, 2.05) is 37.3 Å². The summed E-state index contributed by atoms with van der Waals surface area (Å²) in [7, 11) is 1.69. The summed E-state index contributed by atoms with van der Waals surface area (Å²) in [5, 5.41) is 2.92. The van der Waals surface area contributed by atoms with Gasteiger partial charge in [-0.1, -0.05) is 29.8 Å². The van der Waals surface area contributed by atoms with Gasteiger partial charge >= 0.3 is 0 Å². The lowest BCUT2D eigenvalue weighted by atomic mass is 9.94. The average molecular weight is 386 g/mol. The first-order chi connectivity index (χ1) is 11.4. The van der Waals surface area contributed by atoms with Crippen molar-refractivity contribution < 1.29 is 9.53 Å². The van der Waals surface area contributed by atoms with E-state index in [4.69, 9.17) is 4.74 Å². The van der Waals surface area contributed by atoms with E-state index >= 15 is 0 Å². The Balaban J connectivity index is 2.14. The monoisotopic (exact) mass is 385 g/mol. The molecular weight excluding hydrogens is 366 g/mol. The Labute approximate surface area is 150 Å². The molecule has 1 aliphatic rings. The third kappa shape index (κ3) is 2.98. The Bertz CT molecular complexity index is 853. The molecule has 2 aromatic rings. The lowest BCUT2D eigenvalue weighted by molar-refractivity contribution is -0.110. The molecule has 0 unspecified atom stereocenters. The zero-order valence-electron chi connectivity index (χ0n) is 14.2. The van der Waals surface area contributed by atoms with Gasteiger partial charge in [-0.25, -0.2) is 0 Å². The van der Waals surface area contributed by atoms with Crippen molar-refractivity contribution in [2.75, 3.05) is 12.4 Å². The van der Waals surface area contributed by atoms with Crippen molar-refractivity contribution in [2.24, 2.45) is 0 Å². The molecule has 0 spiro atoms. The van der Waals surface area contributed by atoms with Crippen LogP contribution < -0.4 is 10.1 Å². The van der Waals surface area contributed by atoms with Gasteiger partial charge in [0.05, 0.1) is 7.11 Å². The van der Waals surface area contributed by atoms with Gasteiger partial charge in [0, 0.05) is 21.3 Å². The summed E-state index contributed by atoms with van der Waals surface area (Å²) in [6.07, 6.45) is 1.97. The van der Waals surface area contributed by atoms with Crippen LogP contribution in [0.5, 0.6) is 5.75 Å². The van der Waals surface area contributed by atoms with Crippen LogP contribution in [0.3, 0.4) is 0 Å². The molecule has 1 N–H and O–H groups in total. The standard InChI is InChI=1S/C20H20BrNO2/c1-11(2)15-8-13(12(3)7-19(15)24-4)9-17-16-10-14(21)5-6-18(16)22-20(17)23/h5-11H,1-4H3,(H,22,23). The molecule has 3 nitrogen and oxygen atoms in total. The molecule has 0 bridgehead atoms. The minimum Gasteiger partial charge on any atom is -0.496 e. The Kier molecular flexibility index (Phi) is 4.50. The largest absolute Gasteiger partial charge is 0.496 e. The number of rotatable bonds is 3. The van der Waals surface area contributed by atoms with E-state index in [0.29, 0.717) is 11.5 Å².